The molecule has 4 rings (SSSR count). The molecule has 3 N–H and O–H groups in total. The maximum absolute atomic E-state index is 12.6. The van der Waals surface area contributed by atoms with Crippen molar-refractivity contribution >= 4 is 34.5 Å². The minimum Gasteiger partial charge on any atom is -0.392 e. The van der Waals surface area contributed by atoms with Crippen LogP contribution in [0.1, 0.15) is 30.5 Å². The molecule has 0 radical (unpaired) electrons. The first-order valence-corrected chi connectivity index (χ1v) is 10.2. The Labute approximate surface area is 182 Å². The summed E-state index contributed by atoms with van der Waals surface area (Å²) in [5.41, 5.74) is 3.75. The highest BCUT2D eigenvalue weighted by molar-refractivity contribution is 7.16. The first-order chi connectivity index (χ1) is 15.0. The van der Waals surface area contributed by atoms with Gasteiger partial charge in [0.1, 0.15) is 12.7 Å². The molecule has 2 aromatic carbocycles. The second kappa shape index (κ2) is 8.90. The Bertz CT molecular complexity index is 1220. The highest BCUT2D eigenvalue weighted by Crippen LogP contribution is 2.22. The van der Waals surface area contributed by atoms with Crippen LogP contribution in [0.3, 0.4) is 0 Å². The third-order valence-electron chi connectivity index (χ3n) is 4.58. The fourth-order valence-electron chi connectivity index (χ4n) is 2.96. The number of anilines is 2. The number of amides is 2. The molecule has 2 amide bonds. The predicted octanol–water partition coefficient (Wildman–Crippen LogP) is 3.63. The largest absolute Gasteiger partial charge is 0.392 e. The molecule has 0 aliphatic heterocycles. The molecular formula is C22H19N5O3S. The van der Waals surface area contributed by atoms with Crippen LogP contribution >= 0.6 is 11.3 Å². The van der Waals surface area contributed by atoms with Gasteiger partial charge in [-0.1, -0.05) is 12.1 Å². The second-order valence-electron chi connectivity index (χ2n) is 6.77. The van der Waals surface area contributed by atoms with Crippen LogP contribution < -0.4 is 10.6 Å². The normalized spacial score (nSPS) is 10.6. The highest BCUT2D eigenvalue weighted by atomic mass is 32.1. The lowest BCUT2D eigenvalue weighted by molar-refractivity contribution is 0.102. The van der Waals surface area contributed by atoms with Crippen LogP contribution in [0, 0.1) is 6.92 Å². The minimum atomic E-state index is -0.291. The lowest BCUT2D eigenvalue weighted by atomic mass is 10.1. The quantitative estimate of drug-likeness (QED) is 0.430. The average Bonchev–Trinajstić information content (AvgIpc) is 3.48. The van der Waals surface area contributed by atoms with Crippen molar-refractivity contribution < 1.29 is 14.7 Å². The van der Waals surface area contributed by atoms with Gasteiger partial charge in [-0.25, -0.2) is 9.67 Å². The van der Waals surface area contributed by atoms with E-state index in [2.05, 4.69) is 20.7 Å². The maximum atomic E-state index is 12.6. The Hall–Kier alpha value is -3.82. The first kappa shape index (κ1) is 20.5. The minimum absolute atomic E-state index is 0.0539. The summed E-state index contributed by atoms with van der Waals surface area (Å²) < 4.78 is 1.62. The van der Waals surface area contributed by atoms with Crippen molar-refractivity contribution in [1.82, 2.24) is 14.8 Å². The molecule has 0 unspecified atom stereocenters. The monoisotopic (exact) mass is 433 g/mol. The molecule has 156 valence electrons. The fraction of sp³-hybridized carbons (Fsp3) is 0.0909. The fourth-order valence-corrected chi connectivity index (χ4v) is 3.76. The van der Waals surface area contributed by atoms with Crippen molar-refractivity contribution in [3.63, 3.8) is 0 Å². The molecule has 0 spiro atoms. The van der Waals surface area contributed by atoms with Crippen LogP contribution in [0.4, 0.5) is 11.4 Å². The van der Waals surface area contributed by atoms with Gasteiger partial charge in [0.15, 0.2) is 0 Å². The summed E-state index contributed by atoms with van der Waals surface area (Å²) in [6, 6.07) is 15.8. The van der Waals surface area contributed by atoms with E-state index in [-0.39, 0.29) is 18.4 Å². The van der Waals surface area contributed by atoms with Gasteiger partial charge in [-0.2, -0.15) is 5.10 Å². The number of rotatable bonds is 6. The van der Waals surface area contributed by atoms with E-state index in [4.69, 9.17) is 0 Å². The van der Waals surface area contributed by atoms with E-state index < -0.39 is 0 Å². The van der Waals surface area contributed by atoms with Gasteiger partial charge in [-0.15, -0.1) is 11.3 Å². The van der Waals surface area contributed by atoms with Crippen LogP contribution in [0.25, 0.3) is 5.69 Å². The Morgan fingerprint density at radius 2 is 1.71 bits per heavy atom. The van der Waals surface area contributed by atoms with E-state index >= 15 is 0 Å². The highest BCUT2D eigenvalue weighted by Gasteiger charge is 2.15. The number of hydrogen-bond acceptors (Lipinski definition) is 6. The van der Waals surface area contributed by atoms with Gasteiger partial charge < -0.3 is 15.7 Å². The first-order valence-electron chi connectivity index (χ1n) is 9.41. The predicted molar refractivity (Wildman–Crippen MR) is 119 cm³/mol. The third-order valence-corrected chi connectivity index (χ3v) is 5.67. The van der Waals surface area contributed by atoms with Crippen molar-refractivity contribution in [2.45, 2.75) is 13.5 Å². The molecule has 0 atom stereocenters. The lowest BCUT2D eigenvalue weighted by Gasteiger charge is -2.08. The zero-order valence-electron chi connectivity index (χ0n) is 16.6. The van der Waals surface area contributed by atoms with E-state index in [1.165, 1.54) is 6.33 Å². The molecule has 0 aliphatic rings. The molecule has 4 aromatic rings. The number of aryl methyl sites for hydroxylation is 1. The Morgan fingerprint density at radius 1 is 1.00 bits per heavy atom. The number of carbonyl (C=O) groups excluding carboxylic acids is 2. The number of aliphatic hydroxyl groups is 1. The molecular weight excluding hydrogens is 414 g/mol. The van der Waals surface area contributed by atoms with E-state index in [0.29, 0.717) is 21.1 Å². The number of thiophene rings is 1. The average molecular weight is 433 g/mol. The number of benzene rings is 2. The Morgan fingerprint density at radius 3 is 2.32 bits per heavy atom. The number of hydrogen-bond donors (Lipinski definition) is 3. The summed E-state index contributed by atoms with van der Waals surface area (Å²) in [7, 11) is 0. The van der Waals surface area contributed by atoms with Crippen LogP contribution in [0.2, 0.25) is 0 Å². The molecule has 31 heavy (non-hydrogen) atoms. The third kappa shape index (κ3) is 4.68. The summed E-state index contributed by atoms with van der Waals surface area (Å²) in [6.45, 7) is 1.80. The Kier molecular flexibility index (Phi) is 5.87. The number of aliphatic hydroxyl groups excluding tert-OH is 1. The van der Waals surface area contributed by atoms with Crippen molar-refractivity contribution in [2.75, 3.05) is 10.6 Å². The second-order valence-corrected chi connectivity index (χ2v) is 7.85. The van der Waals surface area contributed by atoms with Gasteiger partial charge in [-0.3, -0.25) is 9.59 Å². The van der Waals surface area contributed by atoms with Crippen molar-refractivity contribution in [1.29, 1.82) is 0 Å². The molecule has 0 bridgehead atoms. The van der Waals surface area contributed by atoms with Crippen molar-refractivity contribution in [3.05, 3.63) is 88.1 Å². The number of aromatic nitrogens is 3. The summed E-state index contributed by atoms with van der Waals surface area (Å²) in [6.07, 6.45) is 3.04. The van der Waals surface area contributed by atoms with E-state index in [0.717, 1.165) is 28.2 Å². The number of nitrogens with zero attached hydrogens (tertiary/aromatic N) is 3. The lowest BCUT2D eigenvalue weighted by Crippen LogP contribution is -2.12. The van der Waals surface area contributed by atoms with E-state index in [1.807, 2.05) is 25.1 Å². The molecule has 0 aliphatic carbocycles. The van der Waals surface area contributed by atoms with Gasteiger partial charge in [0, 0.05) is 11.4 Å². The van der Waals surface area contributed by atoms with Crippen molar-refractivity contribution in [3.8, 4) is 5.69 Å². The molecule has 2 aromatic heterocycles. The van der Waals surface area contributed by atoms with Gasteiger partial charge in [0.05, 0.1) is 22.0 Å². The molecule has 9 heteroatoms. The summed E-state index contributed by atoms with van der Waals surface area (Å²) >= 11 is 1.12. The smallest absolute Gasteiger partial charge is 0.265 e. The van der Waals surface area contributed by atoms with Gasteiger partial charge in [-0.05, 0) is 60.5 Å². The Balaban J connectivity index is 1.41. The SMILES string of the molecule is Cc1cc(CO)ccc1NC(=O)c1ccc(C(=O)Nc2ccc(-n3cncn3)cc2)s1. The number of carbonyl (C=O) groups is 2. The molecule has 0 saturated carbocycles. The molecule has 0 saturated heterocycles. The van der Waals surface area contributed by atoms with Crippen LogP contribution in [-0.4, -0.2) is 31.7 Å². The van der Waals surface area contributed by atoms with Gasteiger partial charge in [0.25, 0.3) is 11.8 Å². The molecule has 2 heterocycles. The van der Waals surface area contributed by atoms with Crippen molar-refractivity contribution in [2.24, 2.45) is 0 Å². The van der Waals surface area contributed by atoms with Crippen LogP contribution in [0.15, 0.2) is 67.3 Å². The zero-order valence-corrected chi connectivity index (χ0v) is 17.4. The van der Waals surface area contributed by atoms with Gasteiger partial charge in [0.2, 0.25) is 0 Å². The molecule has 8 nitrogen and oxygen atoms in total. The van der Waals surface area contributed by atoms with E-state index in [1.54, 1.807) is 47.4 Å². The van der Waals surface area contributed by atoms with Crippen LogP contribution in [0.5, 0.6) is 0 Å². The van der Waals surface area contributed by atoms with E-state index in [9.17, 15) is 14.7 Å². The zero-order chi connectivity index (χ0) is 21.8. The number of nitrogens with one attached hydrogen (secondary N) is 2. The van der Waals surface area contributed by atoms with Gasteiger partial charge >= 0.3 is 0 Å². The topological polar surface area (TPSA) is 109 Å². The standard InChI is InChI=1S/C22H19N5O3S/c1-14-10-15(11-28)2-7-18(14)26-22(30)20-9-8-19(31-20)21(29)25-16-3-5-17(6-4-16)27-13-23-12-24-27/h2-10,12-13,28H,11H2,1H3,(H,25,29)(H,26,30). The molecule has 0 fully saturated rings. The summed E-state index contributed by atoms with van der Waals surface area (Å²) in [4.78, 5) is 29.9. The summed E-state index contributed by atoms with van der Waals surface area (Å²) in [5.74, 6) is -0.581. The van der Waals surface area contributed by atoms with Crippen LogP contribution in [-0.2, 0) is 6.61 Å². The summed E-state index contributed by atoms with van der Waals surface area (Å²) in [5, 5.41) is 18.9. The maximum Gasteiger partial charge on any atom is 0.265 e.